The summed E-state index contributed by atoms with van der Waals surface area (Å²) in [6.07, 6.45) is 0.988. The molecule has 1 fully saturated rings. The number of carbonyl (C=O) groups is 2. The Morgan fingerprint density at radius 1 is 1.15 bits per heavy atom. The molecule has 138 valence electrons. The third-order valence-electron chi connectivity index (χ3n) is 4.55. The number of aliphatic carboxylic acids is 1. The summed E-state index contributed by atoms with van der Waals surface area (Å²) in [6.45, 7) is 1.66. The number of nitrogens with zero attached hydrogens (tertiary/aromatic N) is 1. The lowest BCUT2D eigenvalue weighted by atomic mass is 10.0. The van der Waals surface area contributed by atoms with Gasteiger partial charge in [-0.05, 0) is 25.0 Å². The molecule has 7 nitrogen and oxygen atoms in total. The molecule has 0 aromatic heterocycles. The average Bonchev–Trinajstić information content (AvgIpc) is 2.61. The fourth-order valence-electron chi connectivity index (χ4n) is 3.30. The number of carboxylic acids is 1. The Kier molecular flexibility index (Phi) is 4.97. The van der Waals surface area contributed by atoms with Crippen molar-refractivity contribution >= 4 is 38.4 Å². The van der Waals surface area contributed by atoms with Gasteiger partial charge in [0.2, 0.25) is 15.9 Å². The second-order valence-corrected chi connectivity index (χ2v) is 8.28. The van der Waals surface area contributed by atoms with E-state index >= 15 is 0 Å². The van der Waals surface area contributed by atoms with Crippen LogP contribution in [0.4, 0.5) is 5.69 Å². The van der Waals surface area contributed by atoms with Gasteiger partial charge >= 0.3 is 5.97 Å². The first-order valence-electron chi connectivity index (χ1n) is 8.33. The SMILES string of the molecule is CC(=O)Nc1ccc(S(=O)(=O)N2CCCC(C(=O)O)C2)c2ccccc12. The van der Waals surface area contributed by atoms with Gasteiger partial charge < -0.3 is 10.4 Å². The number of hydrogen-bond donors (Lipinski definition) is 2. The standard InChI is InChI=1S/C18H20N2O5S/c1-12(21)19-16-8-9-17(15-7-3-2-6-14(15)16)26(24,25)20-10-4-5-13(11-20)18(22)23/h2-3,6-9,13H,4-5,10-11H2,1H3,(H,19,21)(H,22,23). The maximum atomic E-state index is 13.1. The summed E-state index contributed by atoms with van der Waals surface area (Å²) < 4.78 is 27.5. The summed E-state index contributed by atoms with van der Waals surface area (Å²) in [5, 5.41) is 13.0. The summed E-state index contributed by atoms with van der Waals surface area (Å²) in [4.78, 5) is 22.8. The highest BCUT2D eigenvalue weighted by Crippen LogP contribution is 2.32. The summed E-state index contributed by atoms with van der Waals surface area (Å²) >= 11 is 0. The van der Waals surface area contributed by atoms with E-state index in [4.69, 9.17) is 0 Å². The van der Waals surface area contributed by atoms with Crippen LogP contribution in [0.1, 0.15) is 19.8 Å². The molecule has 1 unspecified atom stereocenters. The zero-order chi connectivity index (χ0) is 18.9. The molecular formula is C18H20N2O5S. The molecule has 2 aromatic rings. The largest absolute Gasteiger partial charge is 0.481 e. The van der Waals surface area contributed by atoms with Crippen LogP contribution < -0.4 is 5.32 Å². The van der Waals surface area contributed by atoms with Crippen molar-refractivity contribution in [1.82, 2.24) is 4.31 Å². The van der Waals surface area contributed by atoms with Crippen molar-refractivity contribution in [3.05, 3.63) is 36.4 Å². The molecule has 1 saturated heterocycles. The van der Waals surface area contributed by atoms with E-state index in [0.717, 1.165) is 0 Å². The van der Waals surface area contributed by atoms with Gasteiger partial charge in [0.05, 0.1) is 10.8 Å². The van der Waals surface area contributed by atoms with Crippen molar-refractivity contribution in [2.45, 2.75) is 24.7 Å². The predicted octanol–water partition coefficient (Wildman–Crippen LogP) is 2.28. The van der Waals surface area contributed by atoms with Gasteiger partial charge in [-0.2, -0.15) is 4.31 Å². The monoisotopic (exact) mass is 376 g/mol. The van der Waals surface area contributed by atoms with Crippen molar-refractivity contribution in [2.24, 2.45) is 5.92 Å². The van der Waals surface area contributed by atoms with Crippen molar-refractivity contribution in [2.75, 3.05) is 18.4 Å². The number of benzene rings is 2. The van der Waals surface area contributed by atoms with Crippen LogP contribution in [-0.4, -0.2) is 42.8 Å². The van der Waals surface area contributed by atoms with Gasteiger partial charge in [0.15, 0.2) is 0 Å². The Balaban J connectivity index is 2.07. The molecule has 0 bridgehead atoms. The van der Waals surface area contributed by atoms with Gasteiger partial charge in [-0.25, -0.2) is 8.42 Å². The summed E-state index contributed by atoms with van der Waals surface area (Å²) in [5.74, 6) is -1.91. The number of sulfonamides is 1. The van der Waals surface area contributed by atoms with Gasteiger partial charge in [0.1, 0.15) is 0 Å². The van der Waals surface area contributed by atoms with E-state index in [0.29, 0.717) is 35.8 Å². The fourth-order valence-corrected chi connectivity index (χ4v) is 5.02. The summed E-state index contributed by atoms with van der Waals surface area (Å²) in [6, 6.07) is 9.96. The smallest absolute Gasteiger partial charge is 0.307 e. The van der Waals surface area contributed by atoms with Gasteiger partial charge in [0, 0.05) is 36.5 Å². The van der Waals surface area contributed by atoms with E-state index < -0.39 is 21.9 Å². The van der Waals surface area contributed by atoms with Gasteiger partial charge in [0.25, 0.3) is 0 Å². The Labute approximate surface area is 151 Å². The third-order valence-corrected chi connectivity index (χ3v) is 6.47. The maximum absolute atomic E-state index is 13.1. The molecule has 0 saturated carbocycles. The molecule has 2 N–H and O–H groups in total. The molecule has 1 aliphatic heterocycles. The molecule has 0 spiro atoms. The van der Waals surface area contributed by atoms with Crippen LogP contribution in [0.5, 0.6) is 0 Å². The quantitative estimate of drug-likeness (QED) is 0.852. The number of piperidine rings is 1. The molecule has 1 amide bonds. The number of amides is 1. The van der Waals surface area contributed by atoms with E-state index in [-0.39, 0.29) is 17.3 Å². The van der Waals surface area contributed by atoms with Crippen LogP contribution in [0.15, 0.2) is 41.3 Å². The summed E-state index contributed by atoms with van der Waals surface area (Å²) in [7, 11) is -3.84. The first-order valence-corrected chi connectivity index (χ1v) is 9.77. The fraction of sp³-hybridized carbons (Fsp3) is 0.333. The molecule has 3 rings (SSSR count). The highest BCUT2D eigenvalue weighted by molar-refractivity contribution is 7.89. The van der Waals surface area contributed by atoms with Crippen molar-refractivity contribution in [3.8, 4) is 0 Å². The Morgan fingerprint density at radius 3 is 2.50 bits per heavy atom. The Hall–Kier alpha value is -2.45. The lowest BCUT2D eigenvalue weighted by Gasteiger charge is -2.30. The number of carboxylic acid groups (broad SMARTS) is 1. The van der Waals surface area contributed by atoms with Crippen LogP contribution in [0.25, 0.3) is 10.8 Å². The van der Waals surface area contributed by atoms with E-state index in [1.54, 1.807) is 30.3 Å². The minimum Gasteiger partial charge on any atom is -0.481 e. The predicted molar refractivity (Wildman–Crippen MR) is 97.4 cm³/mol. The first-order chi connectivity index (χ1) is 12.3. The highest BCUT2D eigenvalue weighted by atomic mass is 32.2. The van der Waals surface area contributed by atoms with Crippen LogP contribution in [-0.2, 0) is 19.6 Å². The molecule has 8 heteroatoms. The first kappa shape index (κ1) is 18.3. The number of nitrogens with one attached hydrogen (secondary N) is 1. The van der Waals surface area contributed by atoms with Crippen LogP contribution in [0.2, 0.25) is 0 Å². The van der Waals surface area contributed by atoms with E-state index in [1.165, 1.54) is 17.3 Å². The lowest BCUT2D eigenvalue weighted by Crippen LogP contribution is -2.42. The molecule has 0 radical (unpaired) electrons. The third kappa shape index (κ3) is 3.42. The molecule has 2 aromatic carbocycles. The number of anilines is 1. The number of hydrogen-bond acceptors (Lipinski definition) is 4. The molecular weight excluding hydrogens is 356 g/mol. The van der Waals surface area contributed by atoms with E-state index in [1.807, 2.05) is 0 Å². The van der Waals surface area contributed by atoms with Crippen LogP contribution >= 0.6 is 0 Å². The van der Waals surface area contributed by atoms with Crippen molar-refractivity contribution < 1.29 is 23.1 Å². The van der Waals surface area contributed by atoms with E-state index in [9.17, 15) is 23.1 Å². The van der Waals surface area contributed by atoms with Crippen LogP contribution in [0.3, 0.4) is 0 Å². The topological polar surface area (TPSA) is 104 Å². The minimum absolute atomic E-state index is 0.0283. The zero-order valence-electron chi connectivity index (χ0n) is 14.3. The zero-order valence-corrected chi connectivity index (χ0v) is 15.1. The van der Waals surface area contributed by atoms with Gasteiger partial charge in [-0.1, -0.05) is 24.3 Å². The Bertz CT molecular complexity index is 971. The summed E-state index contributed by atoms with van der Waals surface area (Å²) in [5.41, 5.74) is 0.536. The van der Waals surface area contributed by atoms with Crippen molar-refractivity contribution in [3.63, 3.8) is 0 Å². The van der Waals surface area contributed by atoms with Gasteiger partial charge in [-0.15, -0.1) is 0 Å². The number of fused-ring (bicyclic) bond motifs is 1. The van der Waals surface area contributed by atoms with Crippen LogP contribution in [0, 0.1) is 5.92 Å². The highest BCUT2D eigenvalue weighted by Gasteiger charge is 2.34. The minimum atomic E-state index is -3.84. The normalized spacial score (nSPS) is 18.6. The van der Waals surface area contributed by atoms with Gasteiger partial charge in [-0.3, -0.25) is 9.59 Å². The number of carbonyl (C=O) groups excluding carboxylic acids is 1. The maximum Gasteiger partial charge on any atom is 0.307 e. The van der Waals surface area contributed by atoms with E-state index in [2.05, 4.69) is 5.32 Å². The second-order valence-electron chi connectivity index (χ2n) is 6.38. The average molecular weight is 376 g/mol. The molecule has 26 heavy (non-hydrogen) atoms. The van der Waals surface area contributed by atoms with Crippen molar-refractivity contribution in [1.29, 1.82) is 0 Å². The number of rotatable bonds is 4. The Morgan fingerprint density at radius 2 is 1.85 bits per heavy atom. The lowest BCUT2D eigenvalue weighted by molar-refractivity contribution is -0.142. The molecule has 1 atom stereocenters. The second kappa shape index (κ2) is 7.05. The molecule has 0 aliphatic carbocycles. The molecule has 1 heterocycles. The molecule has 1 aliphatic rings.